The molecule has 1 N–H and O–H groups in total. The number of amides is 1. The van der Waals surface area contributed by atoms with Crippen molar-refractivity contribution in [3.8, 4) is 11.3 Å². The van der Waals surface area contributed by atoms with Gasteiger partial charge in [0.1, 0.15) is 0 Å². The second kappa shape index (κ2) is 7.48. The monoisotopic (exact) mass is 409 g/mol. The molecule has 4 rings (SSSR count). The first kappa shape index (κ1) is 19.4. The zero-order valence-corrected chi connectivity index (χ0v) is 17.2. The normalized spacial score (nSPS) is 17.9. The minimum absolute atomic E-state index is 0.0482. The van der Waals surface area contributed by atoms with Crippen molar-refractivity contribution >= 4 is 21.4 Å². The molecular formula is C22H23N3O3S. The third kappa shape index (κ3) is 4.24. The molecule has 1 amide bonds. The van der Waals surface area contributed by atoms with Crippen molar-refractivity contribution in [1.82, 2.24) is 9.78 Å². The number of hydrogen-bond donors (Lipinski definition) is 1. The molecule has 150 valence electrons. The van der Waals surface area contributed by atoms with E-state index in [-0.39, 0.29) is 29.1 Å². The highest BCUT2D eigenvalue weighted by Gasteiger charge is 2.32. The first-order valence-corrected chi connectivity index (χ1v) is 11.4. The van der Waals surface area contributed by atoms with E-state index in [4.69, 9.17) is 0 Å². The first-order chi connectivity index (χ1) is 13.8. The van der Waals surface area contributed by atoms with Crippen molar-refractivity contribution in [3.05, 3.63) is 71.4 Å². The van der Waals surface area contributed by atoms with Crippen LogP contribution in [0.5, 0.6) is 0 Å². The van der Waals surface area contributed by atoms with E-state index >= 15 is 0 Å². The number of carbonyl (C=O) groups is 1. The Morgan fingerprint density at radius 2 is 1.66 bits per heavy atom. The molecule has 1 aromatic heterocycles. The van der Waals surface area contributed by atoms with Crippen LogP contribution >= 0.6 is 0 Å². The Hall–Kier alpha value is -2.93. The number of nitrogens with zero attached hydrogens (tertiary/aromatic N) is 2. The molecule has 0 saturated carbocycles. The standard InChI is InChI=1S/C22H23N3O3S/c1-15-3-7-17(8-4-15)21-13-20(22(26)23-18-9-5-16(2)6-10-18)24-25(21)19-11-12-29(27,28)14-19/h3-10,13,19H,11-12,14H2,1-2H3,(H,23,26). The van der Waals surface area contributed by atoms with Gasteiger partial charge in [-0.25, -0.2) is 8.42 Å². The molecule has 0 aliphatic carbocycles. The van der Waals surface area contributed by atoms with Crippen LogP contribution in [-0.4, -0.2) is 35.6 Å². The van der Waals surface area contributed by atoms with Gasteiger partial charge < -0.3 is 5.32 Å². The third-order valence-electron chi connectivity index (χ3n) is 5.18. The van der Waals surface area contributed by atoms with E-state index in [1.807, 2.05) is 62.4 Å². The van der Waals surface area contributed by atoms with E-state index in [1.165, 1.54) is 0 Å². The van der Waals surface area contributed by atoms with Crippen molar-refractivity contribution in [3.63, 3.8) is 0 Å². The fourth-order valence-electron chi connectivity index (χ4n) is 3.52. The average Bonchev–Trinajstić information content (AvgIpc) is 3.28. The van der Waals surface area contributed by atoms with Gasteiger partial charge in [0.25, 0.3) is 5.91 Å². The molecule has 7 heteroatoms. The molecule has 1 aliphatic rings. The number of rotatable bonds is 4. The van der Waals surface area contributed by atoms with Crippen LogP contribution in [0.3, 0.4) is 0 Å². The second-order valence-electron chi connectivity index (χ2n) is 7.60. The van der Waals surface area contributed by atoms with Crippen LogP contribution in [0.4, 0.5) is 5.69 Å². The molecule has 0 spiro atoms. The van der Waals surface area contributed by atoms with Crippen molar-refractivity contribution in [2.24, 2.45) is 0 Å². The number of aryl methyl sites for hydroxylation is 2. The van der Waals surface area contributed by atoms with Gasteiger partial charge in [-0.1, -0.05) is 47.5 Å². The summed E-state index contributed by atoms with van der Waals surface area (Å²) in [6.45, 7) is 3.99. The van der Waals surface area contributed by atoms with E-state index in [9.17, 15) is 13.2 Å². The number of carbonyl (C=O) groups excluding carboxylic acids is 1. The van der Waals surface area contributed by atoms with Crippen molar-refractivity contribution < 1.29 is 13.2 Å². The third-order valence-corrected chi connectivity index (χ3v) is 6.93. The minimum Gasteiger partial charge on any atom is -0.321 e. The van der Waals surface area contributed by atoms with E-state index in [0.717, 1.165) is 22.4 Å². The Morgan fingerprint density at radius 1 is 1.03 bits per heavy atom. The quantitative estimate of drug-likeness (QED) is 0.711. The highest BCUT2D eigenvalue weighted by Crippen LogP contribution is 2.30. The molecule has 1 atom stereocenters. The molecule has 2 aromatic carbocycles. The molecule has 1 saturated heterocycles. The van der Waals surface area contributed by atoms with Crippen LogP contribution in [0.25, 0.3) is 11.3 Å². The van der Waals surface area contributed by atoms with Gasteiger partial charge in [-0.05, 0) is 44.0 Å². The molecule has 0 bridgehead atoms. The number of anilines is 1. The van der Waals surface area contributed by atoms with Gasteiger partial charge in [-0.15, -0.1) is 0 Å². The van der Waals surface area contributed by atoms with Crippen LogP contribution in [0.1, 0.15) is 34.1 Å². The van der Waals surface area contributed by atoms with Gasteiger partial charge in [-0.3, -0.25) is 9.48 Å². The largest absolute Gasteiger partial charge is 0.321 e. The summed E-state index contributed by atoms with van der Waals surface area (Å²) >= 11 is 0. The predicted octanol–water partition coefficient (Wildman–Crippen LogP) is 3.78. The Bertz CT molecular complexity index is 1150. The van der Waals surface area contributed by atoms with Crippen LogP contribution < -0.4 is 5.32 Å². The van der Waals surface area contributed by atoms with E-state index in [0.29, 0.717) is 12.1 Å². The first-order valence-electron chi connectivity index (χ1n) is 9.56. The molecular weight excluding hydrogens is 386 g/mol. The summed E-state index contributed by atoms with van der Waals surface area (Å²) in [7, 11) is -3.07. The van der Waals surface area contributed by atoms with Gasteiger partial charge in [0.05, 0.1) is 23.2 Å². The van der Waals surface area contributed by atoms with E-state index < -0.39 is 9.84 Å². The second-order valence-corrected chi connectivity index (χ2v) is 9.83. The zero-order valence-electron chi connectivity index (χ0n) is 16.4. The highest BCUT2D eigenvalue weighted by molar-refractivity contribution is 7.91. The lowest BCUT2D eigenvalue weighted by atomic mass is 10.1. The van der Waals surface area contributed by atoms with Gasteiger partial charge in [-0.2, -0.15) is 5.10 Å². The summed E-state index contributed by atoms with van der Waals surface area (Å²) in [5, 5.41) is 7.37. The minimum atomic E-state index is -3.07. The maximum atomic E-state index is 12.8. The van der Waals surface area contributed by atoms with Gasteiger partial charge in [0.2, 0.25) is 0 Å². The van der Waals surface area contributed by atoms with Crippen LogP contribution in [0.2, 0.25) is 0 Å². The van der Waals surface area contributed by atoms with Crippen molar-refractivity contribution in [1.29, 1.82) is 0 Å². The number of benzene rings is 2. The summed E-state index contributed by atoms with van der Waals surface area (Å²) in [6.07, 6.45) is 0.502. The molecule has 29 heavy (non-hydrogen) atoms. The molecule has 2 heterocycles. The average molecular weight is 410 g/mol. The van der Waals surface area contributed by atoms with Gasteiger partial charge >= 0.3 is 0 Å². The lowest BCUT2D eigenvalue weighted by molar-refractivity contribution is 0.102. The summed E-state index contributed by atoms with van der Waals surface area (Å²) in [5.74, 6) is -0.121. The van der Waals surface area contributed by atoms with Crippen molar-refractivity contribution in [2.45, 2.75) is 26.3 Å². The Kier molecular flexibility index (Phi) is 5.00. The summed E-state index contributed by atoms with van der Waals surface area (Å²) in [5.41, 5.74) is 4.85. The van der Waals surface area contributed by atoms with E-state index in [1.54, 1.807) is 10.7 Å². The Morgan fingerprint density at radius 3 is 2.24 bits per heavy atom. The Balaban J connectivity index is 1.69. The van der Waals surface area contributed by atoms with Crippen LogP contribution in [0, 0.1) is 13.8 Å². The highest BCUT2D eigenvalue weighted by atomic mass is 32.2. The Labute approximate surface area is 170 Å². The van der Waals surface area contributed by atoms with Crippen molar-refractivity contribution in [2.75, 3.05) is 16.8 Å². The number of hydrogen-bond acceptors (Lipinski definition) is 4. The van der Waals surface area contributed by atoms with Gasteiger partial charge in [0, 0.05) is 5.69 Å². The lowest BCUT2D eigenvalue weighted by Gasteiger charge is -2.13. The summed E-state index contributed by atoms with van der Waals surface area (Å²) in [6, 6.07) is 16.9. The molecule has 6 nitrogen and oxygen atoms in total. The molecule has 1 aliphatic heterocycles. The predicted molar refractivity (Wildman–Crippen MR) is 114 cm³/mol. The lowest BCUT2D eigenvalue weighted by Crippen LogP contribution is -2.16. The fourth-order valence-corrected chi connectivity index (χ4v) is 5.22. The maximum Gasteiger partial charge on any atom is 0.276 e. The van der Waals surface area contributed by atoms with Crippen LogP contribution in [0.15, 0.2) is 54.6 Å². The number of sulfone groups is 1. The van der Waals surface area contributed by atoms with Gasteiger partial charge in [0.15, 0.2) is 15.5 Å². The fraction of sp³-hybridized carbons (Fsp3) is 0.273. The molecule has 1 unspecified atom stereocenters. The van der Waals surface area contributed by atoms with Crippen LogP contribution in [-0.2, 0) is 9.84 Å². The smallest absolute Gasteiger partial charge is 0.276 e. The molecule has 3 aromatic rings. The molecule has 1 fully saturated rings. The zero-order chi connectivity index (χ0) is 20.6. The van der Waals surface area contributed by atoms with E-state index in [2.05, 4.69) is 10.4 Å². The number of nitrogens with one attached hydrogen (secondary N) is 1. The maximum absolute atomic E-state index is 12.8. The summed E-state index contributed by atoms with van der Waals surface area (Å²) < 4.78 is 25.7. The SMILES string of the molecule is Cc1ccc(NC(=O)c2cc(-c3ccc(C)cc3)n(C3CCS(=O)(=O)C3)n2)cc1. The molecule has 0 radical (unpaired) electrons. The summed E-state index contributed by atoms with van der Waals surface area (Å²) in [4.78, 5) is 12.8. The topological polar surface area (TPSA) is 81.1 Å². The number of aromatic nitrogens is 2.